The Hall–Kier alpha value is -2.31. The predicted molar refractivity (Wildman–Crippen MR) is 64.5 cm³/mol. The number of amides is 2. The van der Waals surface area contributed by atoms with Gasteiger partial charge >= 0.3 is 0 Å². The van der Waals surface area contributed by atoms with Crippen molar-refractivity contribution in [2.24, 2.45) is 10.9 Å². The number of hydrogen-bond donors (Lipinski definition) is 0. The molecular formula is C12H12N4O3. The van der Waals surface area contributed by atoms with Crippen molar-refractivity contribution >= 4 is 18.0 Å². The molecule has 19 heavy (non-hydrogen) atoms. The van der Waals surface area contributed by atoms with E-state index in [0.29, 0.717) is 24.8 Å². The highest BCUT2D eigenvalue weighted by atomic mass is 16.5. The van der Waals surface area contributed by atoms with Gasteiger partial charge in [0, 0.05) is 25.4 Å². The number of likely N-dealkylation sites (tertiary alicyclic amines) is 1. The Labute approximate surface area is 109 Å². The molecule has 0 spiro atoms. The summed E-state index contributed by atoms with van der Waals surface area (Å²) in [6, 6.07) is 0. The van der Waals surface area contributed by atoms with E-state index in [1.54, 1.807) is 17.9 Å². The number of aryl methyl sites for hydroxylation is 1. The molecule has 1 atom stereocenters. The largest absolute Gasteiger partial charge is 0.340 e. The van der Waals surface area contributed by atoms with Crippen LogP contribution >= 0.6 is 0 Å². The average Bonchev–Trinajstić information content (AvgIpc) is 2.74. The minimum atomic E-state index is -0.442. The number of nitrogens with zero attached hydrogens (tertiary/aromatic N) is 4. The van der Waals surface area contributed by atoms with Crippen molar-refractivity contribution in [3.05, 3.63) is 23.9 Å². The summed E-state index contributed by atoms with van der Waals surface area (Å²) in [5.41, 5.74) is 0. The van der Waals surface area contributed by atoms with Crippen molar-refractivity contribution in [1.82, 2.24) is 15.0 Å². The summed E-state index contributed by atoms with van der Waals surface area (Å²) >= 11 is 0. The van der Waals surface area contributed by atoms with Gasteiger partial charge in [-0.25, -0.2) is 4.99 Å². The van der Waals surface area contributed by atoms with E-state index in [4.69, 9.17) is 4.52 Å². The average molecular weight is 260 g/mol. The number of dihydropyridines is 1. The molecule has 0 aromatic carbocycles. The van der Waals surface area contributed by atoms with Crippen molar-refractivity contribution in [3.8, 4) is 0 Å². The molecule has 2 aliphatic heterocycles. The van der Waals surface area contributed by atoms with Crippen LogP contribution in [0.15, 0.2) is 21.7 Å². The third-order valence-electron chi connectivity index (χ3n) is 3.18. The maximum atomic E-state index is 12.1. The third kappa shape index (κ3) is 2.18. The lowest BCUT2D eigenvalue weighted by Gasteiger charge is -2.38. The molecule has 0 bridgehead atoms. The van der Waals surface area contributed by atoms with E-state index >= 15 is 0 Å². The van der Waals surface area contributed by atoms with Gasteiger partial charge in [0.15, 0.2) is 5.82 Å². The van der Waals surface area contributed by atoms with Gasteiger partial charge in [-0.1, -0.05) is 11.2 Å². The summed E-state index contributed by atoms with van der Waals surface area (Å²) in [4.78, 5) is 32.4. The standard InChI is InChI=1S/C12H12N4O3/c1-7-14-11(19-15-7)9-5-16(6-9)12(18)8-2-3-10(17)13-4-8/h2-4,8-9H,5-6H2,1H3. The van der Waals surface area contributed by atoms with Gasteiger partial charge < -0.3 is 9.42 Å². The van der Waals surface area contributed by atoms with Gasteiger partial charge in [-0.05, 0) is 6.92 Å². The Bertz CT molecular complexity index is 568. The van der Waals surface area contributed by atoms with Crippen molar-refractivity contribution in [1.29, 1.82) is 0 Å². The van der Waals surface area contributed by atoms with Crippen molar-refractivity contribution in [3.63, 3.8) is 0 Å². The highest BCUT2D eigenvalue weighted by Crippen LogP contribution is 2.27. The molecule has 2 aliphatic rings. The highest BCUT2D eigenvalue weighted by molar-refractivity contribution is 6.05. The number of rotatable bonds is 2. The van der Waals surface area contributed by atoms with Crippen LogP contribution in [-0.4, -0.2) is 46.2 Å². The first-order valence-corrected chi connectivity index (χ1v) is 5.99. The molecular weight excluding hydrogens is 248 g/mol. The van der Waals surface area contributed by atoms with Crippen molar-refractivity contribution in [2.75, 3.05) is 13.1 Å². The summed E-state index contributed by atoms with van der Waals surface area (Å²) in [5, 5.41) is 3.73. The summed E-state index contributed by atoms with van der Waals surface area (Å²) in [7, 11) is 0. The van der Waals surface area contributed by atoms with Crippen molar-refractivity contribution < 1.29 is 14.1 Å². The minimum absolute atomic E-state index is 0.0556. The van der Waals surface area contributed by atoms with Crippen LogP contribution in [0.4, 0.5) is 0 Å². The normalized spacial score (nSPS) is 22.7. The Morgan fingerprint density at radius 2 is 2.26 bits per heavy atom. The number of aromatic nitrogens is 2. The molecule has 0 saturated carbocycles. The monoisotopic (exact) mass is 260 g/mol. The molecule has 3 heterocycles. The molecule has 0 N–H and O–H groups in total. The fourth-order valence-corrected chi connectivity index (χ4v) is 2.08. The molecule has 0 aliphatic carbocycles. The number of aliphatic imine (C=N–C) groups is 1. The second-order valence-corrected chi connectivity index (χ2v) is 4.62. The fraction of sp³-hybridized carbons (Fsp3) is 0.417. The molecule has 1 aromatic rings. The third-order valence-corrected chi connectivity index (χ3v) is 3.18. The van der Waals surface area contributed by atoms with Crippen LogP contribution in [0, 0.1) is 12.8 Å². The first-order chi connectivity index (χ1) is 9.13. The summed E-state index contributed by atoms with van der Waals surface area (Å²) in [5.74, 6) is 0.455. The summed E-state index contributed by atoms with van der Waals surface area (Å²) in [6.07, 6.45) is 4.28. The predicted octanol–water partition coefficient (Wildman–Crippen LogP) is 0.0872. The van der Waals surface area contributed by atoms with Crippen LogP contribution in [-0.2, 0) is 9.59 Å². The lowest BCUT2D eigenvalue weighted by molar-refractivity contribution is -0.136. The summed E-state index contributed by atoms with van der Waals surface area (Å²) in [6.45, 7) is 2.88. The van der Waals surface area contributed by atoms with E-state index in [9.17, 15) is 9.59 Å². The Morgan fingerprint density at radius 3 is 2.84 bits per heavy atom. The quantitative estimate of drug-likeness (QED) is 0.751. The molecule has 1 fully saturated rings. The lowest BCUT2D eigenvalue weighted by Crippen LogP contribution is -2.51. The minimum Gasteiger partial charge on any atom is -0.340 e. The molecule has 7 heteroatoms. The van der Waals surface area contributed by atoms with E-state index in [2.05, 4.69) is 15.1 Å². The van der Waals surface area contributed by atoms with Crippen LogP contribution < -0.4 is 0 Å². The van der Waals surface area contributed by atoms with Gasteiger partial charge in [0.05, 0.1) is 11.8 Å². The number of carbonyl (C=O) groups is 2. The van der Waals surface area contributed by atoms with Crippen LogP contribution in [0.5, 0.6) is 0 Å². The van der Waals surface area contributed by atoms with E-state index in [-0.39, 0.29) is 17.7 Å². The second-order valence-electron chi connectivity index (χ2n) is 4.62. The Kier molecular flexibility index (Phi) is 2.73. The molecule has 3 rings (SSSR count). The fourth-order valence-electron chi connectivity index (χ4n) is 2.08. The SMILES string of the molecule is Cc1noc(C2CN(C(=O)C3C=CC(=O)N=C3)C2)n1. The molecule has 1 aromatic heterocycles. The first kappa shape index (κ1) is 11.8. The molecule has 1 unspecified atom stereocenters. The number of carbonyl (C=O) groups excluding carboxylic acids is 2. The second kappa shape index (κ2) is 4.42. The van der Waals surface area contributed by atoms with Gasteiger partial charge in [-0.3, -0.25) is 9.59 Å². The van der Waals surface area contributed by atoms with Crippen molar-refractivity contribution in [2.45, 2.75) is 12.8 Å². The maximum Gasteiger partial charge on any atom is 0.269 e. The van der Waals surface area contributed by atoms with Gasteiger partial charge in [0.1, 0.15) is 0 Å². The zero-order chi connectivity index (χ0) is 13.4. The molecule has 2 amide bonds. The molecule has 0 radical (unpaired) electrons. The van der Waals surface area contributed by atoms with E-state index in [1.807, 2.05) is 0 Å². The van der Waals surface area contributed by atoms with Gasteiger partial charge in [-0.15, -0.1) is 0 Å². The first-order valence-electron chi connectivity index (χ1n) is 5.99. The van der Waals surface area contributed by atoms with Gasteiger partial charge in [0.2, 0.25) is 11.8 Å². The lowest BCUT2D eigenvalue weighted by atomic mass is 9.96. The molecule has 7 nitrogen and oxygen atoms in total. The summed E-state index contributed by atoms with van der Waals surface area (Å²) < 4.78 is 5.07. The van der Waals surface area contributed by atoms with Crippen LogP contribution in [0.3, 0.4) is 0 Å². The topological polar surface area (TPSA) is 88.7 Å². The van der Waals surface area contributed by atoms with Crippen LogP contribution in [0.2, 0.25) is 0 Å². The van der Waals surface area contributed by atoms with E-state index < -0.39 is 5.92 Å². The molecule has 98 valence electrons. The smallest absolute Gasteiger partial charge is 0.269 e. The van der Waals surface area contributed by atoms with Gasteiger partial charge in [0.25, 0.3) is 5.91 Å². The Morgan fingerprint density at radius 1 is 1.47 bits per heavy atom. The maximum absolute atomic E-state index is 12.1. The zero-order valence-electron chi connectivity index (χ0n) is 10.3. The molecule has 1 saturated heterocycles. The van der Waals surface area contributed by atoms with Crippen LogP contribution in [0.1, 0.15) is 17.6 Å². The zero-order valence-corrected chi connectivity index (χ0v) is 10.3. The van der Waals surface area contributed by atoms with Gasteiger partial charge in [-0.2, -0.15) is 4.98 Å². The van der Waals surface area contributed by atoms with E-state index in [1.165, 1.54) is 12.3 Å². The van der Waals surface area contributed by atoms with Crippen LogP contribution in [0.25, 0.3) is 0 Å². The van der Waals surface area contributed by atoms with E-state index in [0.717, 1.165) is 0 Å². The Balaban J connectivity index is 1.59. The number of hydrogen-bond acceptors (Lipinski definition) is 5. The highest BCUT2D eigenvalue weighted by Gasteiger charge is 2.37.